The van der Waals surface area contributed by atoms with Gasteiger partial charge in [0.15, 0.2) is 0 Å². The van der Waals surface area contributed by atoms with Gasteiger partial charge in [0.05, 0.1) is 11.4 Å². The van der Waals surface area contributed by atoms with E-state index in [0.29, 0.717) is 17.9 Å². The van der Waals surface area contributed by atoms with E-state index < -0.39 is 10.0 Å². The van der Waals surface area contributed by atoms with Gasteiger partial charge in [-0.05, 0) is 32.6 Å². The Morgan fingerprint density at radius 1 is 1.38 bits per heavy atom. The molecule has 1 heterocycles. The van der Waals surface area contributed by atoms with Crippen molar-refractivity contribution in [1.29, 1.82) is 0 Å². The van der Waals surface area contributed by atoms with E-state index in [1.807, 2.05) is 6.92 Å². The van der Waals surface area contributed by atoms with Crippen LogP contribution in [0.2, 0.25) is 0 Å². The molecule has 8 heteroatoms. The number of nitrogens with one attached hydrogen (secondary N) is 3. The van der Waals surface area contributed by atoms with E-state index in [1.54, 1.807) is 18.7 Å². The Labute approximate surface area is 131 Å². The van der Waals surface area contributed by atoms with Gasteiger partial charge in [0.25, 0.3) is 0 Å². The van der Waals surface area contributed by atoms with Crippen molar-refractivity contribution >= 4 is 21.8 Å². The molecule has 21 heavy (non-hydrogen) atoms. The molecule has 1 aromatic rings. The Morgan fingerprint density at radius 3 is 2.71 bits per heavy atom. The number of hydrogen-bond acceptors (Lipinski definition) is 5. The first-order chi connectivity index (χ1) is 9.92. The van der Waals surface area contributed by atoms with Crippen molar-refractivity contribution in [3.8, 4) is 0 Å². The molecule has 1 aromatic heterocycles. The molecule has 0 aromatic carbocycles. The number of nitrogens with zero attached hydrogens (tertiary/aromatic N) is 1. The highest BCUT2D eigenvalue weighted by Crippen LogP contribution is 2.18. The van der Waals surface area contributed by atoms with E-state index in [9.17, 15) is 8.42 Å². The highest BCUT2D eigenvalue weighted by Gasteiger charge is 2.25. The van der Waals surface area contributed by atoms with Crippen LogP contribution in [0.3, 0.4) is 0 Å². The number of aromatic nitrogens is 2. The van der Waals surface area contributed by atoms with Gasteiger partial charge in [-0.2, -0.15) is 16.9 Å². The SMILES string of the molecule is CCCNCc1n[nH]c(C)c1S(=O)(=O)NC(C)CSCC. The summed E-state index contributed by atoms with van der Waals surface area (Å²) in [6.45, 7) is 9.02. The summed E-state index contributed by atoms with van der Waals surface area (Å²) in [7, 11) is -3.54. The lowest BCUT2D eigenvalue weighted by molar-refractivity contribution is 0.567. The van der Waals surface area contributed by atoms with E-state index in [-0.39, 0.29) is 10.9 Å². The molecule has 122 valence electrons. The smallest absolute Gasteiger partial charge is 0.244 e. The summed E-state index contributed by atoms with van der Waals surface area (Å²) in [6.07, 6.45) is 0.995. The monoisotopic (exact) mass is 334 g/mol. The minimum absolute atomic E-state index is 0.106. The third-order valence-electron chi connectivity index (χ3n) is 2.88. The maximum Gasteiger partial charge on any atom is 0.244 e. The molecule has 0 aliphatic carbocycles. The molecule has 0 amide bonds. The molecule has 0 radical (unpaired) electrons. The summed E-state index contributed by atoms with van der Waals surface area (Å²) < 4.78 is 27.8. The molecular weight excluding hydrogens is 308 g/mol. The Hall–Kier alpha value is -0.570. The number of aryl methyl sites for hydroxylation is 1. The van der Waals surface area contributed by atoms with Gasteiger partial charge in [0.2, 0.25) is 10.0 Å². The average molecular weight is 335 g/mol. The number of H-pyrrole nitrogens is 1. The zero-order valence-corrected chi connectivity index (χ0v) is 14.8. The molecule has 1 atom stereocenters. The summed E-state index contributed by atoms with van der Waals surface area (Å²) in [5.41, 5.74) is 1.12. The number of rotatable bonds is 10. The number of thioether (sulfide) groups is 1. The van der Waals surface area contributed by atoms with E-state index in [2.05, 4.69) is 34.1 Å². The van der Waals surface area contributed by atoms with E-state index in [4.69, 9.17) is 0 Å². The van der Waals surface area contributed by atoms with Gasteiger partial charge < -0.3 is 5.32 Å². The lowest BCUT2D eigenvalue weighted by Gasteiger charge is -2.14. The van der Waals surface area contributed by atoms with Gasteiger partial charge in [-0.25, -0.2) is 13.1 Å². The first kappa shape index (κ1) is 18.5. The molecule has 0 bridgehead atoms. The Kier molecular flexibility index (Phi) is 7.72. The number of hydrogen-bond donors (Lipinski definition) is 3. The van der Waals surface area contributed by atoms with Crippen LogP contribution in [0.4, 0.5) is 0 Å². The normalized spacial score (nSPS) is 13.5. The Morgan fingerprint density at radius 2 is 2.10 bits per heavy atom. The minimum atomic E-state index is -3.54. The Balaban J connectivity index is 2.84. The minimum Gasteiger partial charge on any atom is -0.311 e. The topological polar surface area (TPSA) is 86.9 Å². The second kappa shape index (κ2) is 8.77. The quantitative estimate of drug-likeness (QED) is 0.566. The Bertz CT molecular complexity index is 528. The molecule has 6 nitrogen and oxygen atoms in total. The maximum absolute atomic E-state index is 12.5. The summed E-state index contributed by atoms with van der Waals surface area (Å²) in [5, 5.41) is 10.1. The van der Waals surface area contributed by atoms with Crippen LogP contribution in [0.1, 0.15) is 38.6 Å². The molecule has 3 N–H and O–H groups in total. The average Bonchev–Trinajstić information content (AvgIpc) is 2.78. The van der Waals surface area contributed by atoms with Crippen LogP contribution < -0.4 is 10.0 Å². The van der Waals surface area contributed by atoms with Crippen molar-refractivity contribution in [2.24, 2.45) is 0 Å². The summed E-state index contributed by atoms with van der Waals surface area (Å²) >= 11 is 1.72. The van der Waals surface area contributed by atoms with Crippen LogP contribution in [0.15, 0.2) is 4.90 Å². The lowest BCUT2D eigenvalue weighted by atomic mass is 10.3. The van der Waals surface area contributed by atoms with Crippen LogP contribution in [0, 0.1) is 6.92 Å². The largest absolute Gasteiger partial charge is 0.311 e. The van der Waals surface area contributed by atoms with Crippen molar-refractivity contribution in [3.63, 3.8) is 0 Å². The van der Waals surface area contributed by atoms with Gasteiger partial charge in [0.1, 0.15) is 4.90 Å². The van der Waals surface area contributed by atoms with Crippen molar-refractivity contribution in [2.45, 2.75) is 51.6 Å². The van der Waals surface area contributed by atoms with E-state index >= 15 is 0 Å². The number of sulfonamides is 1. The first-order valence-electron chi connectivity index (χ1n) is 7.27. The number of aromatic amines is 1. The summed E-state index contributed by atoms with van der Waals surface area (Å²) in [5.74, 6) is 1.74. The molecule has 0 aliphatic rings. The highest BCUT2D eigenvalue weighted by atomic mass is 32.2. The predicted molar refractivity (Wildman–Crippen MR) is 88.1 cm³/mol. The van der Waals surface area contributed by atoms with Crippen LogP contribution in [0.25, 0.3) is 0 Å². The zero-order valence-electron chi connectivity index (χ0n) is 13.2. The van der Waals surface area contributed by atoms with E-state index in [1.165, 1.54) is 0 Å². The molecular formula is C13H26N4O2S2. The van der Waals surface area contributed by atoms with Gasteiger partial charge in [-0.1, -0.05) is 13.8 Å². The van der Waals surface area contributed by atoms with Crippen molar-refractivity contribution in [2.75, 3.05) is 18.1 Å². The fraction of sp³-hybridized carbons (Fsp3) is 0.769. The predicted octanol–water partition coefficient (Wildman–Crippen LogP) is 1.64. The molecule has 1 unspecified atom stereocenters. The lowest BCUT2D eigenvalue weighted by Crippen LogP contribution is -2.35. The summed E-state index contributed by atoms with van der Waals surface area (Å²) in [4.78, 5) is 0.277. The van der Waals surface area contributed by atoms with Crippen molar-refractivity contribution < 1.29 is 8.42 Å². The van der Waals surface area contributed by atoms with E-state index in [0.717, 1.165) is 24.5 Å². The summed E-state index contributed by atoms with van der Waals surface area (Å²) in [6, 6.07) is -0.106. The maximum atomic E-state index is 12.5. The van der Waals surface area contributed by atoms with Gasteiger partial charge in [-0.15, -0.1) is 0 Å². The zero-order chi connectivity index (χ0) is 15.9. The fourth-order valence-corrected chi connectivity index (χ4v) is 4.37. The molecule has 0 saturated heterocycles. The second-order valence-electron chi connectivity index (χ2n) is 4.98. The molecule has 0 aliphatic heterocycles. The van der Waals surface area contributed by atoms with Crippen LogP contribution in [0.5, 0.6) is 0 Å². The second-order valence-corrected chi connectivity index (χ2v) is 7.95. The van der Waals surface area contributed by atoms with Gasteiger partial charge in [-0.3, -0.25) is 5.10 Å². The van der Waals surface area contributed by atoms with Crippen molar-refractivity contribution in [1.82, 2.24) is 20.2 Å². The molecule has 0 saturated carbocycles. The van der Waals surface area contributed by atoms with Crippen LogP contribution in [-0.2, 0) is 16.6 Å². The van der Waals surface area contributed by atoms with Gasteiger partial charge in [0, 0.05) is 18.3 Å². The highest BCUT2D eigenvalue weighted by molar-refractivity contribution is 7.99. The third-order valence-corrected chi connectivity index (χ3v) is 5.81. The third kappa shape index (κ3) is 5.61. The molecule has 1 rings (SSSR count). The van der Waals surface area contributed by atoms with Crippen LogP contribution >= 0.6 is 11.8 Å². The standard InChI is InChI=1S/C13H26N4O2S2/c1-5-7-14-8-12-13(11(4)15-16-12)21(18,19)17-10(3)9-20-6-2/h10,14,17H,5-9H2,1-4H3,(H,15,16). The first-order valence-corrected chi connectivity index (χ1v) is 9.90. The van der Waals surface area contributed by atoms with Crippen molar-refractivity contribution in [3.05, 3.63) is 11.4 Å². The van der Waals surface area contributed by atoms with Gasteiger partial charge >= 0.3 is 0 Å². The fourth-order valence-electron chi connectivity index (χ4n) is 1.98. The molecule has 0 fully saturated rings. The van der Waals surface area contributed by atoms with Crippen LogP contribution in [-0.4, -0.2) is 42.7 Å². The molecule has 0 spiro atoms.